The van der Waals surface area contributed by atoms with Crippen LogP contribution in [0.5, 0.6) is 11.5 Å². The van der Waals surface area contributed by atoms with Gasteiger partial charge >= 0.3 is 0 Å². The first-order valence-electron chi connectivity index (χ1n) is 12.9. The van der Waals surface area contributed by atoms with Gasteiger partial charge in [-0.2, -0.15) is 0 Å². The van der Waals surface area contributed by atoms with Gasteiger partial charge in [0.25, 0.3) is 0 Å². The van der Waals surface area contributed by atoms with Crippen LogP contribution in [0.4, 0.5) is 0 Å². The van der Waals surface area contributed by atoms with Crippen molar-refractivity contribution in [2.24, 2.45) is 46.8 Å². The third-order valence-corrected chi connectivity index (χ3v) is 11.7. The van der Waals surface area contributed by atoms with E-state index in [4.69, 9.17) is 9.47 Å². The van der Waals surface area contributed by atoms with Gasteiger partial charge in [-0.25, -0.2) is 0 Å². The number of rotatable bonds is 1. The number of fused-ring (bicyclic) bond motifs is 3. The van der Waals surface area contributed by atoms with Gasteiger partial charge in [0, 0.05) is 23.8 Å². The molecule has 7 aliphatic carbocycles. The summed E-state index contributed by atoms with van der Waals surface area (Å²) in [4.78, 5) is 29.9. The summed E-state index contributed by atoms with van der Waals surface area (Å²) >= 11 is 0. The van der Waals surface area contributed by atoms with Gasteiger partial charge in [-0.05, 0) is 79.0 Å². The average Bonchev–Trinajstić information content (AvgIpc) is 3.50. The van der Waals surface area contributed by atoms with Crippen molar-refractivity contribution < 1.29 is 19.1 Å². The lowest BCUT2D eigenvalue weighted by molar-refractivity contribution is -0.257. The van der Waals surface area contributed by atoms with E-state index in [9.17, 15) is 9.59 Å². The molecule has 0 aromatic heterocycles. The molecule has 1 aromatic carbocycles. The largest absolute Gasteiger partial charge is 0.486 e. The summed E-state index contributed by atoms with van der Waals surface area (Å²) in [6, 6.07) is 4.42. The minimum atomic E-state index is -0.316. The second-order valence-electron chi connectivity index (χ2n) is 12.2. The van der Waals surface area contributed by atoms with Crippen LogP contribution in [-0.2, 0) is 15.0 Å². The smallest absolute Gasteiger partial charge is 0.230 e. The van der Waals surface area contributed by atoms with Crippen LogP contribution < -0.4 is 9.47 Å². The molecule has 0 radical (unpaired) electrons. The fraction of sp³-hybridized carbons (Fsp3) is 0.704. The molecule has 166 valence electrons. The lowest BCUT2D eigenvalue weighted by Crippen LogP contribution is -2.76. The first kappa shape index (κ1) is 17.4. The molecule has 4 bridgehead atoms. The molecule has 9 atom stereocenters. The minimum Gasteiger partial charge on any atom is -0.486 e. The molecule has 7 fully saturated rings. The van der Waals surface area contributed by atoms with Gasteiger partial charge in [-0.15, -0.1) is 0 Å². The summed E-state index contributed by atoms with van der Waals surface area (Å²) in [5.74, 6) is 5.54. The second-order valence-corrected chi connectivity index (χ2v) is 12.2. The highest BCUT2D eigenvalue weighted by Crippen LogP contribution is 2.93. The van der Waals surface area contributed by atoms with Crippen molar-refractivity contribution in [3.05, 3.63) is 23.3 Å². The lowest BCUT2D eigenvalue weighted by atomic mass is 9.31. The van der Waals surface area contributed by atoms with E-state index in [0.717, 1.165) is 30.9 Å². The quantitative estimate of drug-likeness (QED) is 0.683. The predicted octanol–water partition coefficient (Wildman–Crippen LogP) is 3.50. The summed E-state index contributed by atoms with van der Waals surface area (Å²) in [7, 11) is 0. The standard InChI is InChI=1S/C27H29NO4/c1-12-13-9-17-18(32-7-6-31-17)10-16(13)26(4-2-3-5-26)11-28(12)25(30)27-21-15-8-14-19(21)23(27)24(29)20(14)22(15)27/h9-10,12,14-15,19-23H,2-8,11H2,1H3. The number of carbonyl (C=O) groups excluding carboxylic acids is 2. The Morgan fingerprint density at radius 2 is 1.81 bits per heavy atom. The van der Waals surface area contributed by atoms with Gasteiger partial charge in [-0.3, -0.25) is 9.59 Å². The molecule has 5 heteroatoms. The zero-order valence-corrected chi connectivity index (χ0v) is 18.5. The molecule has 5 nitrogen and oxygen atoms in total. The number of ether oxygens (including phenoxy) is 2. The van der Waals surface area contributed by atoms with Gasteiger partial charge in [0.2, 0.25) is 5.91 Å². The molecule has 1 aromatic rings. The molecule has 7 saturated carbocycles. The van der Waals surface area contributed by atoms with E-state index in [1.165, 1.54) is 30.4 Å². The Kier molecular flexibility index (Phi) is 2.75. The van der Waals surface area contributed by atoms with E-state index >= 15 is 0 Å². The Balaban J connectivity index is 1.17. The Morgan fingerprint density at radius 3 is 2.56 bits per heavy atom. The predicted molar refractivity (Wildman–Crippen MR) is 114 cm³/mol. The van der Waals surface area contributed by atoms with Crippen molar-refractivity contribution in [2.45, 2.75) is 50.5 Å². The van der Waals surface area contributed by atoms with E-state index in [-0.39, 0.29) is 28.7 Å². The highest BCUT2D eigenvalue weighted by molar-refractivity contribution is 6.04. The Morgan fingerprint density at radius 1 is 1.06 bits per heavy atom. The Labute approximate surface area is 187 Å². The van der Waals surface area contributed by atoms with Gasteiger partial charge < -0.3 is 14.4 Å². The molecule has 0 N–H and O–H groups in total. The highest BCUT2D eigenvalue weighted by atomic mass is 16.6. The van der Waals surface area contributed by atoms with E-state index < -0.39 is 0 Å². The molecule has 2 aliphatic heterocycles. The number of hydrogen-bond donors (Lipinski definition) is 0. The van der Waals surface area contributed by atoms with E-state index in [0.29, 0.717) is 54.5 Å². The number of Topliss-reactive ketones (excluding diaryl/α,β-unsaturated/α-hetero) is 1. The first-order valence-corrected chi connectivity index (χ1v) is 12.9. The molecule has 9 unspecified atom stereocenters. The van der Waals surface area contributed by atoms with Crippen molar-refractivity contribution in [1.29, 1.82) is 0 Å². The summed E-state index contributed by atoms with van der Waals surface area (Å²) in [6.45, 7) is 4.19. The summed E-state index contributed by atoms with van der Waals surface area (Å²) in [5, 5.41) is 0. The van der Waals surface area contributed by atoms with Crippen LogP contribution in [0.25, 0.3) is 0 Å². The van der Waals surface area contributed by atoms with Crippen LogP contribution in [0.1, 0.15) is 56.2 Å². The number of carbonyl (C=O) groups is 2. The van der Waals surface area contributed by atoms with Crippen molar-refractivity contribution in [2.75, 3.05) is 19.8 Å². The molecule has 32 heavy (non-hydrogen) atoms. The molecular weight excluding hydrogens is 402 g/mol. The topological polar surface area (TPSA) is 55.8 Å². The van der Waals surface area contributed by atoms with Crippen molar-refractivity contribution >= 4 is 11.7 Å². The van der Waals surface area contributed by atoms with Crippen LogP contribution in [0.3, 0.4) is 0 Å². The lowest BCUT2D eigenvalue weighted by Gasteiger charge is -2.71. The molecule has 1 spiro atoms. The van der Waals surface area contributed by atoms with Gasteiger partial charge in [0.05, 0.1) is 11.5 Å². The first-order chi connectivity index (χ1) is 15.6. The molecule has 0 saturated heterocycles. The van der Waals surface area contributed by atoms with E-state index in [1.54, 1.807) is 0 Å². The fourth-order valence-electron chi connectivity index (χ4n) is 11.0. The van der Waals surface area contributed by atoms with Crippen LogP contribution >= 0.6 is 0 Å². The maximum atomic E-state index is 14.5. The Hall–Kier alpha value is -2.04. The second kappa shape index (κ2) is 5.05. The van der Waals surface area contributed by atoms with Gasteiger partial charge in [0.15, 0.2) is 11.5 Å². The van der Waals surface area contributed by atoms with Gasteiger partial charge in [-0.1, -0.05) is 12.8 Å². The monoisotopic (exact) mass is 431 g/mol. The van der Waals surface area contributed by atoms with Crippen molar-refractivity contribution in [3.63, 3.8) is 0 Å². The summed E-state index contributed by atoms with van der Waals surface area (Å²) < 4.78 is 11.9. The average molecular weight is 432 g/mol. The van der Waals surface area contributed by atoms with Crippen LogP contribution in [0.2, 0.25) is 0 Å². The normalized spacial score (nSPS) is 48.8. The minimum absolute atomic E-state index is 0.0246. The maximum absolute atomic E-state index is 14.5. The summed E-state index contributed by atoms with van der Waals surface area (Å²) in [5.41, 5.74) is 2.34. The third-order valence-electron chi connectivity index (χ3n) is 11.7. The SMILES string of the molecule is CC1c2cc3c(cc2C2(CCCC2)CN1C(=O)C12C4C(=O)C5C6CC(C51)C2C64)OCCO3. The number of nitrogens with zero attached hydrogens (tertiary/aromatic N) is 1. The zero-order chi connectivity index (χ0) is 21.1. The molecule has 2 heterocycles. The van der Waals surface area contributed by atoms with Gasteiger partial charge in [0.1, 0.15) is 19.0 Å². The molecule has 10 rings (SSSR count). The number of benzene rings is 1. The van der Waals surface area contributed by atoms with Crippen LogP contribution in [0, 0.1) is 46.8 Å². The molecule has 1 amide bonds. The maximum Gasteiger partial charge on any atom is 0.230 e. The fourth-order valence-corrected chi connectivity index (χ4v) is 11.0. The molecular formula is C27H29NO4. The highest BCUT2D eigenvalue weighted by Gasteiger charge is 2.96. The van der Waals surface area contributed by atoms with E-state index in [2.05, 4.69) is 24.0 Å². The van der Waals surface area contributed by atoms with Crippen LogP contribution in [-0.4, -0.2) is 36.3 Å². The summed E-state index contributed by atoms with van der Waals surface area (Å²) in [6.07, 6.45) is 5.93. The van der Waals surface area contributed by atoms with Crippen molar-refractivity contribution in [3.8, 4) is 11.5 Å². The number of ketones is 1. The zero-order valence-electron chi connectivity index (χ0n) is 18.5. The Bertz CT molecular complexity index is 1140. The molecule has 9 aliphatic rings. The third kappa shape index (κ3) is 1.49. The number of amides is 1. The number of hydrogen-bond acceptors (Lipinski definition) is 4. The van der Waals surface area contributed by atoms with Crippen molar-refractivity contribution in [1.82, 2.24) is 4.90 Å². The van der Waals surface area contributed by atoms with E-state index in [1.807, 2.05) is 0 Å². The van der Waals surface area contributed by atoms with Crippen LogP contribution in [0.15, 0.2) is 12.1 Å².